The van der Waals surface area contributed by atoms with Gasteiger partial charge in [0.2, 0.25) is 0 Å². The van der Waals surface area contributed by atoms with Gasteiger partial charge in [-0.1, -0.05) is 97.1 Å². The molecule has 9 rings (SSSR count). The minimum Gasteiger partial charge on any atom is -0.497 e. The lowest BCUT2D eigenvalue weighted by Gasteiger charge is -2.45. The number of aliphatic hydroxyl groups excluding tert-OH is 1. The van der Waals surface area contributed by atoms with Crippen LogP contribution in [0.15, 0.2) is 189 Å². The number of hydrogen-bond acceptors (Lipinski definition) is 14. The topological polar surface area (TPSA) is 111 Å². The zero-order valence-corrected chi connectivity index (χ0v) is 43.7. The molecule has 72 heavy (non-hydrogen) atoms. The molecular formula is C58H62O10S4. The van der Waals surface area contributed by atoms with Crippen molar-refractivity contribution in [2.24, 2.45) is 0 Å². The predicted molar refractivity (Wildman–Crippen MR) is 286 cm³/mol. The van der Waals surface area contributed by atoms with Crippen LogP contribution in [0.25, 0.3) is 0 Å². The first-order valence-electron chi connectivity index (χ1n) is 24.5. The zero-order valence-electron chi connectivity index (χ0n) is 40.4. The number of benzene rings is 6. The molecule has 1 N–H and O–H groups in total. The van der Waals surface area contributed by atoms with Crippen molar-refractivity contribution in [1.29, 1.82) is 0 Å². The molecule has 3 heterocycles. The van der Waals surface area contributed by atoms with Crippen molar-refractivity contribution in [3.8, 4) is 11.5 Å². The molecule has 3 aliphatic heterocycles. The number of carbonyl (C=O) groups is 1. The van der Waals surface area contributed by atoms with Crippen LogP contribution < -0.4 is 9.47 Å². The highest BCUT2D eigenvalue weighted by Gasteiger charge is 2.46. The number of rotatable bonds is 22. The lowest BCUT2D eigenvalue weighted by molar-refractivity contribution is -0.303. The van der Waals surface area contributed by atoms with E-state index in [2.05, 4.69) is 48.5 Å². The van der Waals surface area contributed by atoms with Crippen LogP contribution in [-0.4, -0.2) is 89.9 Å². The Morgan fingerprint density at radius 3 is 1.58 bits per heavy atom. The molecule has 3 saturated heterocycles. The van der Waals surface area contributed by atoms with Gasteiger partial charge in [0, 0.05) is 44.4 Å². The Morgan fingerprint density at radius 1 is 0.569 bits per heavy atom. The molecule has 378 valence electrons. The van der Waals surface area contributed by atoms with Gasteiger partial charge in [0.25, 0.3) is 0 Å². The Hall–Kier alpha value is -4.45. The molecular weight excluding hydrogens is 985 g/mol. The highest BCUT2D eigenvalue weighted by Crippen LogP contribution is 2.44. The third-order valence-corrected chi connectivity index (χ3v) is 18.0. The van der Waals surface area contributed by atoms with Crippen LogP contribution in [-0.2, 0) is 39.8 Å². The minimum absolute atomic E-state index is 0.0292. The van der Waals surface area contributed by atoms with Crippen molar-refractivity contribution >= 4 is 53.0 Å². The van der Waals surface area contributed by atoms with E-state index in [0.717, 1.165) is 42.2 Å². The van der Waals surface area contributed by atoms with Gasteiger partial charge in [-0.15, -0.1) is 47.0 Å². The summed E-state index contributed by atoms with van der Waals surface area (Å²) in [6.45, 7) is 0.639. The van der Waals surface area contributed by atoms with Crippen molar-refractivity contribution in [2.75, 3.05) is 20.8 Å². The number of aliphatic hydroxyl groups is 1. The Kier molecular flexibility index (Phi) is 19.4. The molecule has 0 bridgehead atoms. The average Bonchev–Trinajstić information content (AvgIpc) is 3.41. The number of methoxy groups -OCH3 is 2. The monoisotopic (exact) mass is 1050 g/mol. The Balaban J connectivity index is 0.925. The first-order chi connectivity index (χ1) is 35.3. The molecule has 0 aromatic heterocycles. The fraction of sp³-hybridized carbons (Fsp3) is 0.362. The molecule has 0 radical (unpaired) electrons. The summed E-state index contributed by atoms with van der Waals surface area (Å²) in [5.74, 6) is 1.15. The summed E-state index contributed by atoms with van der Waals surface area (Å²) in [7, 11) is 3.28. The fourth-order valence-electron chi connectivity index (χ4n) is 9.09. The van der Waals surface area contributed by atoms with Crippen molar-refractivity contribution in [3.05, 3.63) is 181 Å². The van der Waals surface area contributed by atoms with Crippen LogP contribution in [0.2, 0.25) is 0 Å². The minimum atomic E-state index is -0.783. The van der Waals surface area contributed by atoms with Gasteiger partial charge in [-0.3, -0.25) is 4.79 Å². The second-order valence-electron chi connectivity index (χ2n) is 17.9. The number of ether oxygens (including phenoxy) is 8. The summed E-state index contributed by atoms with van der Waals surface area (Å²) in [5, 5.41) is 11.8. The summed E-state index contributed by atoms with van der Waals surface area (Å²) < 4.78 is 50.7. The van der Waals surface area contributed by atoms with Crippen LogP contribution in [0, 0.1) is 0 Å². The molecule has 3 aliphatic rings. The molecule has 0 spiro atoms. The van der Waals surface area contributed by atoms with Gasteiger partial charge in [-0.05, 0) is 97.6 Å². The Bertz CT molecular complexity index is 2450. The van der Waals surface area contributed by atoms with Crippen LogP contribution in [0.5, 0.6) is 11.5 Å². The third kappa shape index (κ3) is 15.1. The molecule has 6 aromatic rings. The summed E-state index contributed by atoms with van der Waals surface area (Å²) in [4.78, 5) is 19.0. The number of esters is 1. The fourth-order valence-corrected chi connectivity index (χ4v) is 14.4. The largest absolute Gasteiger partial charge is 0.497 e. The van der Waals surface area contributed by atoms with Crippen molar-refractivity contribution in [1.82, 2.24) is 0 Å². The van der Waals surface area contributed by atoms with E-state index in [-0.39, 0.29) is 33.8 Å². The van der Waals surface area contributed by atoms with E-state index in [1.54, 1.807) is 61.3 Å². The van der Waals surface area contributed by atoms with E-state index in [4.69, 9.17) is 37.9 Å². The second kappa shape index (κ2) is 26.7. The number of fused-ring (bicyclic) bond motifs is 1. The van der Waals surface area contributed by atoms with Gasteiger partial charge in [0.15, 0.2) is 6.29 Å². The first kappa shape index (κ1) is 52.4. The van der Waals surface area contributed by atoms with Gasteiger partial charge < -0.3 is 43.0 Å². The van der Waals surface area contributed by atoms with Gasteiger partial charge in [0.1, 0.15) is 23.7 Å². The summed E-state index contributed by atoms with van der Waals surface area (Å²) >= 11 is 7.07. The van der Waals surface area contributed by atoms with Gasteiger partial charge in [-0.2, -0.15) is 0 Å². The standard InChI is InChI=1S/C58H62O10S4/c1-61-41-27-23-39(24-28-41)37-63-50-33-47(59)49(35-56(69-43-15-7-3-8-16-43)70-44-17-9-4-10-18-44)65-48(50)31-32-55(60)67-51-34-52-54(38-64-58(68-52)40-25-29-42(62-2)30-26-40)66-53(51)36-57(71-45-19-11-5-12-20-45)72-46-21-13-6-14-22-46/h3-30,47-54,56-59H,31-38H2,1-2H3/t47-,48-,49+,50+,51-,52+,53+,54-,58-/m1/s1. The molecule has 0 unspecified atom stereocenters. The number of thioether (sulfide) groups is 4. The molecule has 14 heteroatoms. The van der Waals surface area contributed by atoms with E-state index < -0.39 is 42.9 Å². The Labute approximate surface area is 440 Å². The summed E-state index contributed by atoms with van der Waals surface area (Å²) in [6, 6.07) is 56.8. The maximum Gasteiger partial charge on any atom is 0.306 e. The number of hydrogen-bond donors (Lipinski definition) is 1. The SMILES string of the molecule is COc1ccc(CO[C@H]2C[C@@H](O)[C@H](CC(Sc3ccccc3)Sc3ccccc3)O[C@@H]2CCC(=O)O[C@@H]2C[C@@H]3O[C@H](c4ccc(OC)cc4)OC[C@H]3O[C@H]2CC(Sc2ccccc2)Sc2ccccc2)cc1. The first-order valence-corrected chi connectivity index (χ1v) is 28.1. The second-order valence-corrected chi connectivity index (χ2v) is 23.6. The van der Waals surface area contributed by atoms with Crippen LogP contribution in [0.1, 0.15) is 55.9 Å². The van der Waals surface area contributed by atoms with Crippen LogP contribution in [0.4, 0.5) is 0 Å². The maximum absolute atomic E-state index is 14.4. The molecule has 10 nitrogen and oxygen atoms in total. The van der Waals surface area contributed by atoms with E-state index >= 15 is 0 Å². The van der Waals surface area contributed by atoms with Crippen molar-refractivity contribution < 1.29 is 47.8 Å². The number of carbonyl (C=O) groups excluding carboxylic acids is 1. The van der Waals surface area contributed by atoms with E-state index in [1.165, 1.54) is 0 Å². The van der Waals surface area contributed by atoms with Gasteiger partial charge in [-0.25, -0.2) is 0 Å². The predicted octanol–water partition coefficient (Wildman–Crippen LogP) is 12.7. The molecule has 0 saturated carbocycles. The lowest BCUT2D eigenvalue weighted by Crippen LogP contribution is -2.54. The molecule has 0 aliphatic carbocycles. The molecule has 6 aromatic carbocycles. The highest BCUT2D eigenvalue weighted by atomic mass is 32.2. The quantitative estimate of drug-likeness (QED) is 0.0395. The van der Waals surface area contributed by atoms with Crippen molar-refractivity contribution in [3.63, 3.8) is 0 Å². The Morgan fingerprint density at radius 2 is 1.07 bits per heavy atom. The van der Waals surface area contributed by atoms with E-state index in [1.807, 2.05) is 121 Å². The zero-order chi connectivity index (χ0) is 49.5. The maximum atomic E-state index is 14.4. The van der Waals surface area contributed by atoms with Gasteiger partial charge >= 0.3 is 5.97 Å². The van der Waals surface area contributed by atoms with Gasteiger partial charge in [0.05, 0.1) is 73.2 Å². The summed E-state index contributed by atoms with van der Waals surface area (Å²) in [6.07, 6.45) is -2.25. The molecule has 3 fully saturated rings. The van der Waals surface area contributed by atoms with E-state index in [9.17, 15) is 9.90 Å². The smallest absolute Gasteiger partial charge is 0.306 e. The summed E-state index contributed by atoms with van der Waals surface area (Å²) in [5.41, 5.74) is 1.83. The highest BCUT2D eigenvalue weighted by molar-refractivity contribution is 8.17. The van der Waals surface area contributed by atoms with E-state index in [0.29, 0.717) is 45.3 Å². The normalized spacial score (nSPS) is 24.1. The molecule has 0 amide bonds. The third-order valence-electron chi connectivity index (χ3n) is 12.8. The lowest BCUT2D eigenvalue weighted by atomic mass is 9.93. The van der Waals surface area contributed by atoms with Crippen LogP contribution >= 0.6 is 47.0 Å². The van der Waals surface area contributed by atoms with Crippen LogP contribution in [0.3, 0.4) is 0 Å². The molecule has 9 atom stereocenters. The average molecular weight is 1050 g/mol. The van der Waals surface area contributed by atoms with Crippen molar-refractivity contribution in [2.45, 2.75) is 129 Å².